The van der Waals surface area contributed by atoms with Gasteiger partial charge in [-0.15, -0.1) is 0 Å². The quantitative estimate of drug-likeness (QED) is 0.787. The van der Waals surface area contributed by atoms with Crippen molar-refractivity contribution in [1.82, 2.24) is 9.88 Å². The number of nitrogens with zero attached hydrogens (tertiary/aromatic N) is 2. The van der Waals surface area contributed by atoms with Crippen molar-refractivity contribution in [3.8, 4) is 5.75 Å². The van der Waals surface area contributed by atoms with Crippen LogP contribution in [0.1, 0.15) is 36.5 Å². The van der Waals surface area contributed by atoms with Gasteiger partial charge in [0.1, 0.15) is 11.6 Å². The average molecular weight is 403 g/mol. The van der Waals surface area contributed by atoms with Crippen LogP contribution in [0.4, 0.5) is 17.2 Å². The highest BCUT2D eigenvalue weighted by Crippen LogP contribution is 2.31. The van der Waals surface area contributed by atoms with Gasteiger partial charge >= 0.3 is 0 Å². The number of ether oxygens (including phenoxy) is 1. The van der Waals surface area contributed by atoms with Gasteiger partial charge in [-0.05, 0) is 43.5 Å². The van der Waals surface area contributed by atoms with Gasteiger partial charge < -0.3 is 20.3 Å². The zero-order valence-electron chi connectivity index (χ0n) is 15.9. The van der Waals surface area contributed by atoms with Gasteiger partial charge in [0.2, 0.25) is 5.91 Å². The molecule has 0 saturated carbocycles. The number of carbonyl (C=O) groups excluding carboxylic acids is 2. The summed E-state index contributed by atoms with van der Waals surface area (Å²) in [4.78, 5) is 30.1. The second kappa shape index (κ2) is 8.93. The van der Waals surface area contributed by atoms with Crippen LogP contribution < -0.4 is 15.4 Å². The maximum absolute atomic E-state index is 12.6. The Morgan fingerprint density at radius 3 is 2.57 bits per heavy atom. The Morgan fingerprint density at radius 2 is 1.93 bits per heavy atom. The molecular weight excluding hydrogens is 380 g/mol. The van der Waals surface area contributed by atoms with E-state index in [1.807, 2.05) is 4.90 Å². The van der Waals surface area contributed by atoms with Crippen LogP contribution in [0.3, 0.4) is 0 Å². The smallest absolute Gasteiger partial charge is 0.255 e. The first-order valence-corrected chi connectivity index (χ1v) is 9.53. The molecular formula is C20H23ClN4O3. The number of hydrogen-bond donors (Lipinski definition) is 2. The molecule has 2 heterocycles. The van der Waals surface area contributed by atoms with E-state index in [-0.39, 0.29) is 11.8 Å². The van der Waals surface area contributed by atoms with Crippen molar-refractivity contribution in [3.05, 3.63) is 41.0 Å². The number of carbonyl (C=O) groups is 2. The first-order chi connectivity index (χ1) is 13.5. The van der Waals surface area contributed by atoms with Crippen molar-refractivity contribution >= 4 is 40.6 Å². The molecule has 7 nitrogen and oxygen atoms in total. The minimum absolute atomic E-state index is 0.0435. The monoisotopic (exact) mass is 402 g/mol. The second-order valence-corrected chi connectivity index (χ2v) is 7.04. The number of nitrogens with one attached hydrogen (secondary N) is 2. The van der Waals surface area contributed by atoms with Crippen molar-refractivity contribution in [2.45, 2.75) is 26.2 Å². The SMILES string of the molecule is COc1ccc(Nc2ncc(C(=O)N3CCCCC3)cc2Cl)cc1NC(C)=O. The highest BCUT2D eigenvalue weighted by Gasteiger charge is 2.19. The Kier molecular flexibility index (Phi) is 6.36. The number of rotatable bonds is 5. The molecule has 2 aromatic rings. The number of aromatic nitrogens is 1. The molecule has 28 heavy (non-hydrogen) atoms. The fourth-order valence-corrected chi connectivity index (χ4v) is 3.35. The molecule has 1 aliphatic heterocycles. The molecule has 8 heteroatoms. The first-order valence-electron chi connectivity index (χ1n) is 9.15. The van der Waals surface area contributed by atoms with Crippen molar-refractivity contribution in [3.63, 3.8) is 0 Å². The van der Waals surface area contributed by atoms with Crippen LogP contribution in [0.25, 0.3) is 0 Å². The lowest BCUT2D eigenvalue weighted by atomic mass is 10.1. The van der Waals surface area contributed by atoms with E-state index in [0.717, 1.165) is 32.4 Å². The number of likely N-dealkylation sites (tertiary alicyclic amines) is 1. The van der Waals surface area contributed by atoms with Gasteiger partial charge in [0.25, 0.3) is 5.91 Å². The highest BCUT2D eigenvalue weighted by atomic mass is 35.5. The highest BCUT2D eigenvalue weighted by molar-refractivity contribution is 6.33. The fraction of sp³-hybridized carbons (Fsp3) is 0.350. The molecule has 0 aliphatic carbocycles. The Hall–Kier alpha value is -2.80. The summed E-state index contributed by atoms with van der Waals surface area (Å²) in [6, 6.07) is 6.88. The van der Waals surface area contributed by atoms with E-state index < -0.39 is 0 Å². The van der Waals surface area contributed by atoms with Crippen LogP contribution >= 0.6 is 11.6 Å². The van der Waals surface area contributed by atoms with Gasteiger partial charge in [0, 0.05) is 31.9 Å². The zero-order chi connectivity index (χ0) is 20.1. The third-order valence-electron chi connectivity index (χ3n) is 4.50. The molecule has 0 bridgehead atoms. The lowest BCUT2D eigenvalue weighted by Gasteiger charge is -2.26. The Labute approximate surface area is 169 Å². The number of pyridine rings is 1. The Balaban J connectivity index is 1.77. The largest absolute Gasteiger partial charge is 0.495 e. The third-order valence-corrected chi connectivity index (χ3v) is 4.79. The maximum Gasteiger partial charge on any atom is 0.255 e. The predicted octanol–water partition coefficient (Wildman–Crippen LogP) is 4.07. The topological polar surface area (TPSA) is 83.6 Å². The van der Waals surface area contributed by atoms with E-state index in [4.69, 9.17) is 16.3 Å². The summed E-state index contributed by atoms with van der Waals surface area (Å²) < 4.78 is 5.25. The summed E-state index contributed by atoms with van der Waals surface area (Å²) >= 11 is 6.35. The normalized spacial score (nSPS) is 13.8. The minimum atomic E-state index is -0.202. The first kappa shape index (κ1) is 19.9. The van der Waals surface area contributed by atoms with Crippen molar-refractivity contribution in [2.24, 2.45) is 0 Å². The zero-order valence-corrected chi connectivity index (χ0v) is 16.7. The molecule has 0 unspecified atom stereocenters. The molecule has 1 fully saturated rings. The molecule has 0 atom stereocenters. The van der Waals surface area contributed by atoms with Gasteiger partial charge in [0.05, 0.1) is 23.4 Å². The average Bonchev–Trinajstić information content (AvgIpc) is 2.69. The van der Waals surface area contributed by atoms with Crippen LogP contribution in [0.15, 0.2) is 30.5 Å². The molecule has 2 amide bonds. The number of amides is 2. The summed E-state index contributed by atoms with van der Waals surface area (Å²) in [6.07, 6.45) is 4.75. The van der Waals surface area contributed by atoms with E-state index in [1.54, 1.807) is 24.3 Å². The van der Waals surface area contributed by atoms with E-state index >= 15 is 0 Å². The summed E-state index contributed by atoms with van der Waals surface area (Å²) in [6.45, 7) is 2.97. The third kappa shape index (κ3) is 4.72. The maximum atomic E-state index is 12.6. The lowest BCUT2D eigenvalue weighted by molar-refractivity contribution is -0.114. The van der Waals surface area contributed by atoms with Crippen LogP contribution in [0, 0.1) is 0 Å². The summed E-state index contributed by atoms with van der Waals surface area (Å²) in [5.74, 6) is 0.725. The lowest BCUT2D eigenvalue weighted by Crippen LogP contribution is -2.35. The van der Waals surface area contributed by atoms with E-state index in [1.165, 1.54) is 20.2 Å². The van der Waals surface area contributed by atoms with Gasteiger partial charge in [-0.1, -0.05) is 11.6 Å². The number of hydrogen-bond acceptors (Lipinski definition) is 5. The van der Waals surface area contributed by atoms with Crippen molar-refractivity contribution in [1.29, 1.82) is 0 Å². The Bertz CT molecular complexity index is 882. The Morgan fingerprint density at radius 1 is 1.18 bits per heavy atom. The molecule has 1 aromatic heterocycles. The number of methoxy groups -OCH3 is 1. The number of benzene rings is 1. The van der Waals surface area contributed by atoms with Crippen LogP contribution in [-0.4, -0.2) is 41.9 Å². The van der Waals surface area contributed by atoms with Crippen molar-refractivity contribution in [2.75, 3.05) is 30.8 Å². The van der Waals surface area contributed by atoms with Gasteiger partial charge in [-0.2, -0.15) is 0 Å². The van der Waals surface area contributed by atoms with Gasteiger partial charge in [-0.25, -0.2) is 4.98 Å². The number of anilines is 3. The molecule has 1 saturated heterocycles. The fourth-order valence-electron chi connectivity index (χ4n) is 3.14. The van der Waals surface area contributed by atoms with Crippen molar-refractivity contribution < 1.29 is 14.3 Å². The molecule has 3 rings (SSSR count). The second-order valence-electron chi connectivity index (χ2n) is 6.63. The number of halogens is 1. The molecule has 0 radical (unpaired) electrons. The van der Waals surface area contributed by atoms with Crippen LogP contribution in [0.5, 0.6) is 5.75 Å². The van der Waals surface area contributed by atoms with Crippen LogP contribution in [-0.2, 0) is 4.79 Å². The van der Waals surface area contributed by atoms with E-state index in [2.05, 4.69) is 15.6 Å². The summed E-state index contributed by atoms with van der Waals surface area (Å²) in [5, 5.41) is 6.17. The molecule has 2 N–H and O–H groups in total. The van der Waals surface area contributed by atoms with Gasteiger partial charge in [-0.3, -0.25) is 9.59 Å². The predicted molar refractivity (Wildman–Crippen MR) is 110 cm³/mol. The molecule has 0 spiro atoms. The van der Waals surface area contributed by atoms with E-state index in [0.29, 0.717) is 33.5 Å². The number of piperidine rings is 1. The summed E-state index contributed by atoms with van der Waals surface area (Å²) in [5.41, 5.74) is 1.69. The van der Waals surface area contributed by atoms with E-state index in [9.17, 15) is 9.59 Å². The molecule has 148 valence electrons. The molecule has 1 aliphatic rings. The van der Waals surface area contributed by atoms with Crippen LogP contribution in [0.2, 0.25) is 5.02 Å². The summed E-state index contributed by atoms with van der Waals surface area (Å²) in [7, 11) is 1.53. The molecule has 1 aromatic carbocycles. The standard InChI is InChI=1S/C20H23ClN4O3/c1-13(26)23-17-11-15(6-7-18(17)28-2)24-19-16(21)10-14(12-22-19)20(27)25-8-4-3-5-9-25/h6-7,10-12H,3-5,8-9H2,1-2H3,(H,22,24)(H,23,26). The minimum Gasteiger partial charge on any atom is -0.495 e. The van der Waals surface area contributed by atoms with Gasteiger partial charge in [0.15, 0.2) is 0 Å².